The van der Waals surface area contributed by atoms with Crippen molar-refractivity contribution in [2.45, 2.75) is 46.1 Å². The Labute approximate surface area is 182 Å². The SMILES string of the molecule is CC1=CC(=O)c2cc(C(=O)C[C@@H](Cc3ccccc3)C(=O)OC(C)(C)C)ccc2C1=O. The molecule has 0 heterocycles. The highest BCUT2D eigenvalue weighted by Crippen LogP contribution is 2.25. The quantitative estimate of drug-likeness (QED) is 0.498. The monoisotopic (exact) mass is 418 g/mol. The van der Waals surface area contributed by atoms with E-state index in [1.54, 1.807) is 33.8 Å². The summed E-state index contributed by atoms with van der Waals surface area (Å²) in [6.45, 7) is 6.95. The van der Waals surface area contributed by atoms with E-state index in [2.05, 4.69) is 0 Å². The summed E-state index contributed by atoms with van der Waals surface area (Å²) in [5.74, 6) is -1.89. The zero-order valence-corrected chi connectivity index (χ0v) is 18.2. The van der Waals surface area contributed by atoms with Gasteiger partial charge in [-0.25, -0.2) is 0 Å². The zero-order valence-electron chi connectivity index (χ0n) is 18.2. The van der Waals surface area contributed by atoms with Crippen molar-refractivity contribution in [1.29, 1.82) is 0 Å². The molecule has 0 aromatic heterocycles. The van der Waals surface area contributed by atoms with Gasteiger partial charge < -0.3 is 4.74 Å². The van der Waals surface area contributed by atoms with Crippen LogP contribution in [0.3, 0.4) is 0 Å². The second-order valence-electron chi connectivity index (χ2n) is 8.83. The maximum absolute atomic E-state index is 13.0. The molecule has 1 atom stereocenters. The second-order valence-corrected chi connectivity index (χ2v) is 8.83. The van der Waals surface area contributed by atoms with E-state index in [0.29, 0.717) is 23.1 Å². The maximum Gasteiger partial charge on any atom is 0.310 e. The van der Waals surface area contributed by atoms with Crippen LogP contribution in [0.5, 0.6) is 0 Å². The molecule has 0 N–H and O–H groups in total. The molecule has 5 heteroatoms. The standard InChI is InChI=1S/C26H26O5/c1-16-12-23(28)21-14-18(10-11-20(21)24(16)29)22(27)15-19(25(30)31-26(2,3)4)13-17-8-6-5-7-9-17/h5-12,14,19H,13,15H2,1-4H3/t19-/m1/s1. The van der Waals surface area contributed by atoms with Crippen molar-refractivity contribution >= 4 is 23.3 Å². The Morgan fingerprint density at radius 3 is 2.29 bits per heavy atom. The summed E-state index contributed by atoms with van der Waals surface area (Å²) in [6.07, 6.45) is 1.60. The molecule has 1 aliphatic rings. The molecule has 0 radical (unpaired) electrons. The summed E-state index contributed by atoms with van der Waals surface area (Å²) in [4.78, 5) is 50.5. The van der Waals surface area contributed by atoms with Crippen molar-refractivity contribution in [2.24, 2.45) is 5.92 Å². The highest BCUT2D eigenvalue weighted by Gasteiger charge is 2.29. The summed E-state index contributed by atoms with van der Waals surface area (Å²) >= 11 is 0. The maximum atomic E-state index is 13.0. The van der Waals surface area contributed by atoms with E-state index in [9.17, 15) is 19.2 Å². The van der Waals surface area contributed by atoms with Gasteiger partial charge in [-0.2, -0.15) is 0 Å². The van der Waals surface area contributed by atoms with Crippen LogP contribution >= 0.6 is 0 Å². The van der Waals surface area contributed by atoms with E-state index in [1.165, 1.54) is 18.2 Å². The van der Waals surface area contributed by atoms with E-state index in [-0.39, 0.29) is 29.3 Å². The lowest BCUT2D eigenvalue weighted by Crippen LogP contribution is -2.31. The Morgan fingerprint density at radius 2 is 1.65 bits per heavy atom. The summed E-state index contributed by atoms with van der Waals surface area (Å²) in [5.41, 5.74) is 1.46. The third kappa shape index (κ3) is 5.43. The average Bonchev–Trinajstić information content (AvgIpc) is 2.70. The molecule has 1 aliphatic carbocycles. The molecule has 3 rings (SSSR count). The van der Waals surface area contributed by atoms with Gasteiger partial charge in [0, 0.05) is 28.7 Å². The largest absolute Gasteiger partial charge is 0.460 e. The van der Waals surface area contributed by atoms with Gasteiger partial charge in [0.2, 0.25) is 0 Å². The van der Waals surface area contributed by atoms with Crippen LogP contribution in [0.2, 0.25) is 0 Å². The number of hydrogen-bond acceptors (Lipinski definition) is 5. The average molecular weight is 418 g/mol. The lowest BCUT2D eigenvalue weighted by atomic mass is 9.86. The van der Waals surface area contributed by atoms with Gasteiger partial charge in [0.1, 0.15) is 5.60 Å². The first-order valence-corrected chi connectivity index (χ1v) is 10.3. The summed E-state index contributed by atoms with van der Waals surface area (Å²) in [5, 5.41) is 0. The predicted octanol–water partition coefficient (Wildman–Crippen LogP) is 4.79. The Morgan fingerprint density at radius 1 is 0.968 bits per heavy atom. The van der Waals surface area contributed by atoms with Crippen LogP contribution in [-0.2, 0) is 16.0 Å². The van der Waals surface area contributed by atoms with E-state index >= 15 is 0 Å². The normalized spacial score (nSPS) is 14.5. The van der Waals surface area contributed by atoms with Gasteiger partial charge in [-0.3, -0.25) is 19.2 Å². The summed E-state index contributed by atoms with van der Waals surface area (Å²) in [6, 6.07) is 14.0. The lowest BCUT2D eigenvalue weighted by Gasteiger charge is -2.24. The van der Waals surface area contributed by atoms with Crippen molar-refractivity contribution < 1.29 is 23.9 Å². The molecule has 31 heavy (non-hydrogen) atoms. The molecule has 0 saturated heterocycles. The van der Waals surface area contributed by atoms with Crippen LogP contribution in [0.25, 0.3) is 0 Å². The Bertz CT molecular complexity index is 1070. The van der Waals surface area contributed by atoms with Gasteiger partial charge in [-0.05, 0) is 57.9 Å². The summed E-state index contributed by atoms with van der Waals surface area (Å²) < 4.78 is 5.54. The second kappa shape index (κ2) is 8.80. The van der Waals surface area contributed by atoms with E-state index in [1.807, 2.05) is 30.3 Å². The highest BCUT2D eigenvalue weighted by molar-refractivity contribution is 6.24. The summed E-state index contributed by atoms with van der Waals surface area (Å²) in [7, 11) is 0. The Hall–Kier alpha value is -3.34. The number of carbonyl (C=O) groups is 4. The number of ketones is 3. The van der Waals surface area contributed by atoms with Crippen LogP contribution in [0.15, 0.2) is 60.2 Å². The Kier molecular flexibility index (Phi) is 6.34. The van der Waals surface area contributed by atoms with Gasteiger partial charge in [0.05, 0.1) is 5.92 Å². The van der Waals surface area contributed by atoms with Crippen LogP contribution in [0.4, 0.5) is 0 Å². The molecule has 0 unspecified atom stereocenters. The third-order valence-electron chi connectivity index (χ3n) is 5.05. The topological polar surface area (TPSA) is 77.5 Å². The smallest absolute Gasteiger partial charge is 0.310 e. The van der Waals surface area contributed by atoms with E-state index < -0.39 is 17.5 Å². The minimum absolute atomic E-state index is 0.0560. The van der Waals surface area contributed by atoms with Gasteiger partial charge >= 0.3 is 5.97 Å². The number of rotatable bonds is 6. The molecule has 5 nitrogen and oxygen atoms in total. The highest BCUT2D eigenvalue weighted by atomic mass is 16.6. The van der Waals surface area contributed by atoms with Crippen molar-refractivity contribution in [3.8, 4) is 0 Å². The fraction of sp³-hybridized carbons (Fsp3) is 0.308. The lowest BCUT2D eigenvalue weighted by molar-refractivity contribution is -0.159. The zero-order chi connectivity index (χ0) is 22.8. The first-order chi connectivity index (χ1) is 14.5. The van der Waals surface area contributed by atoms with Gasteiger partial charge in [-0.1, -0.05) is 36.4 Å². The molecule has 0 aliphatic heterocycles. The van der Waals surface area contributed by atoms with E-state index in [0.717, 1.165) is 5.56 Å². The number of esters is 1. The molecular weight excluding hydrogens is 392 g/mol. The number of Topliss-reactive ketones (excluding diaryl/α,β-unsaturated/α-hetero) is 2. The molecule has 0 fully saturated rings. The number of ether oxygens (including phenoxy) is 1. The van der Waals surface area contributed by atoms with Gasteiger partial charge in [0.15, 0.2) is 17.3 Å². The molecule has 160 valence electrons. The molecule has 0 spiro atoms. The molecule has 0 saturated carbocycles. The number of fused-ring (bicyclic) bond motifs is 1. The van der Waals surface area contributed by atoms with Crippen LogP contribution in [-0.4, -0.2) is 28.9 Å². The van der Waals surface area contributed by atoms with Crippen LogP contribution in [0.1, 0.15) is 70.8 Å². The minimum atomic E-state index is -0.669. The van der Waals surface area contributed by atoms with Crippen molar-refractivity contribution in [3.63, 3.8) is 0 Å². The predicted molar refractivity (Wildman–Crippen MR) is 117 cm³/mol. The third-order valence-corrected chi connectivity index (χ3v) is 5.05. The van der Waals surface area contributed by atoms with Gasteiger partial charge in [0.25, 0.3) is 0 Å². The fourth-order valence-electron chi connectivity index (χ4n) is 3.54. The first kappa shape index (κ1) is 22.3. The number of benzene rings is 2. The Balaban J connectivity index is 1.85. The van der Waals surface area contributed by atoms with Crippen LogP contribution in [0, 0.1) is 5.92 Å². The number of carbonyl (C=O) groups excluding carboxylic acids is 4. The van der Waals surface area contributed by atoms with Crippen molar-refractivity contribution in [3.05, 3.63) is 82.4 Å². The fourth-order valence-corrected chi connectivity index (χ4v) is 3.54. The first-order valence-electron chi connectivity index (χ1n) is 10.3. The van der Waals surface area contributed by atoms with E-state index in [4.69, 9.17) is 4.74 Å². The minimum Gasteiger partial charge on any atom is -0.460 e. The van der Waals surface area contributed by atoms with Crippen molar-refractivity contribution in [2.75, 3.05) is 0 Å². The van der Waals surface area contributed by atoms with Crippen molar-refractivity contribution in [1.82, 2.24) is 0 Å². The molecule has 0 bridgehead atoms. The van der Waals surface area contributed by atoms with Crippen LogP contribution < -0.4 is 0 Å². The number of hydrogen-bond donors (Lipinski definition) is 0. The molecule has 0 amide bonds. The molecule has 2 aromatic carbocycles. The van der Waals surface area contributed by atoms with Gasteiger partial charge in [-0.15, -0.1) is 0 Å². The number of allylic oxidation sites excluding steroid dienone is 2. The molecule has 2 aromatic rings. The molecular formula is C26H26O5.